The lowest BCUT2D eigenvalue weighted by Crippen LogP contribution is -2.36. The zero-order valence-corrected chi connectivity index (χ0v) is 12.6. The molecular formula is C12H18F3N3O2S. The van der Waals surface area contributed by atoms with Gasteiger partial charge in [0.05, 0.1) is 12.1 Å². The third-order valence-electron chi connectivity index (χ3n) is 2.53. The summed E-state index contributed by atoms with van der Waals surface area (Å²) < 4.78 is 63.1. The van der Waals surface area contributed by atoms with Crippen molar-refractivity contribution < 1.29 is 21.6 Å². The van der Waals surface area contributed by atoms with Crippen LogP contribution in [0.5, 0.6) is 0 Å². The van der Waals surface area contributed by atoms with Gasteiger partial charge in [0.25, 0.3) is 0 Å². The molecule has 1 aromatic heterocycles. The fourth-order valence-electron chi connectivity index (χ4n) is 1.72. The number of halogens is 3. The number of hydrogen-bond acceptors (Lipinski definition) is 4. The van der Waals surface area contributed by atoms with Gasteiger partial charge in [-0.25, -0.2) is 13.1 Å². The van der Waals surface area contributed by atoms with E-state index in [1.807, 2.05) is 11.6 Å². The van der Waals surface area contributed by atoms with E-state index in [0.29, 0.717) is 12.2 Å². The highest BCUT2D eigenvalue weighted by molar-refractivity contribution is 7.89. The maximum atomic E-state index is 12.3. The Hall–Kier alpha value is -1.35. The predicted molar refractivity (Wildman–Crippen MR) is 73.5 cm³/mol. The molecule has 0 radical (unpaired) electrons. The quantitative estimate of drug-likeness (QED) is 0.808. The van der Waals surface area contributed by atoms with Crippen molar-refractivity contribution in [1.29, 1.82) is 0 Å². The summed E-state index contributed by atoms with van der Waals surface area (Å²) in [6.07, 6.45) is -2.36. The zero-order chi connectivity index (χ0) is 16.1. The monoisotopic (exact) mass is 325 g/mol. The van der Waals surface area contributed by atoms with Gasteiger partial charge >= 0.3 is 6.18 Å². The van der Waals surface area contributed by atoms with Crippen LogP contribution in [0.4, 0.5) is 18.9 Å². The molecule has 0 fully saturated rings. The van der Waals surface area contributed by atoms with E-state index < -0.39 is 28.7 Å². The molecule has 0 aliphatic heterocycles. The summed E-state index contributed by atoms with van der Waals surface area (Å²) in [5.41, 5.74) is 0.318. The normalized spacial score (nSPS) is 14.0. The molecule has 21 heavy (non-hydrogen) atoms. The van der Waals surface area contributed by atoms with E-state index in [2.05, 4.69) is 10.3 Å². The molecule has 9 heteroatoms. The van der Waals surface area contributed by atoms with Crippen LogP contribution in [0.2, 0.25) is 0 Å². The van der Waals surface area contributed by atoms with Gasteiger partial charge in [-0.05, 0) is 19.4 Å². The van der Waals surface area contributed by atoms with Crippen LogP contribution in [0.1, 0.15) is 26.7 Å². The zero-order valence-electron chi connectivity index (χ0n) is 11.7. The molecule has 0 aliphatic rings. The Kier molecular flexibility index (Phi) is 5.97. The van der Waals surface area contributed by atoms with Gasteiger partial charge in [-0.1, -0.05) is 6.92 Å². The fourth-order valence-corrected chi connectivity index (χ4v) is 3.09. The van der Waals surface area contributed by atoms with Crippen molar-refractivity contribution in [2.45, 2.75) is 43.8 Å². The number of nitrogens with one attached hydrogen (secondary N) is 2. The van der Waals surface area contributed by atoms with Crippen LogP contribution >= 0.6 is 0 Å². The average molecular weight is 325 g/mol. The Morgan fingerprint density at radius 3 is 2.62 bits per heavy atom. The molecule has 1 rings (SSSR count). The SMILES string of the molecule is CCCNc1ccncc1S(=O)(=O)NC(C)CC(F)(F)F. The van der Waals surface area contributed by atoms with Crippen LogP contribution in [-0.2, 0) is 10.0 Å². The van der Waals surface area contributed by atoms with Gasteiger partial charge in [0.1, 0.15) is 4.90 Å². The third-order valence-corrected chi connectivity index (χ3v) is 4.15. The van der Waals surface area contributed by atoms with Crippen molar-refractivity contribution in [1.82, 2.24) is 9.71 Å². The van der Waals surface area contributed by atoms with Gasteiger partial charge in [-0.2, -0.15) is 13.2 Å². The topological polar surface area (TPSA) is 71.1 Å². The Bertz CT molecular complexity index is 561. The van der Waals surface area contributed by atoms with Crippen LogP contribution in [0.25, 0.3) is 0 Å². The smallest absolute Gasteiger partial charge is 0.384 e. The van der Waals surface area contributed by atoms with Crippen molar-refractivity contribution >= 4 is 15.7 Å². The molecule has 0 bridgehead atoms. The molecule has 0 aliphatic carbocycles. The minimum Gasteiger partial charge on any atom is -0.384 e. The number of aromatic nitrogens is 1. The highest BCUT2D eigenvalue weighted by Crippen LogP contribution is 2.24. The molecule has 120 valence electrons. The van der Waals surface area contributed by atoms with Crippen molar-refractivity contribution in [3.8, 4) is 0 Å². The number of anilines is 1. The molecule has 2 N–H and O–H groups in total. The van der Waals surface area contributed by atoms with Crippen molar-refractivity contribution in [3.63, 3.8) is 0 Å². The maximum absolute atomic E-state index is 12.3. The first kappa shape index (κ1) is 17.7. The Morgan fingerprint density at radius 1 is 1.38 bits per heavy atom. The summed E-state index contributed by atoms with van der Waals surface area (Å²) in [4.78, 5) is 3.56. The molecule has 1 aromatic rings. The molecule has 0 saturated carbocycles. The first-order chi connectivity index (χ1) is 9.65. The average Bonchev–Trinajstić information content (AvgIpc) is 2.33. The number of nitrogens with zero attached hydrogens (tertiary/aromatic N) is 1. The van der Waals surface area contributed by atoms with Crippen LogP contribution < -0.4 is 10.0 Å². The fraction of sp³-hybridized carbons (Fsp3) is 0.583. The lowest BCUT2D eigenvalue weighted by Gasteiger charge is -2.17. The lowest BCUT2D eigenvalue weighted by atomic mass is 10.2. The number of hydrogen-bond donors (Lipinski definition) is 2. The van der Waals surface area contributed by atoms with Crippen LogP contribution in [0, 0.1) is 0 Å². The highest BCUT2D eigenvalue weighted by Gasteiger charge is 2.32. The van der Waals surface area contributed by atoms with Crippen molar-refractivity contribution in [2.75, 3.05) is 11.9 Å². The summed E-state index contributed by atoms with van der Waals surface area (Å²) >= 11 is 0. The van der Waals surface area contributed by atoms with Crippen molar-refractivity contribution in [2.24, 2.45) is 0 Å². The Labute approximate surface area is 122 Å². The number of rotatable bonds is 7. The molecule has 1 atom stereocenters. The molecule has 5 nitrogen and oxygen atoms in total. The molecule has 0 saturated heterocycles. The number of pyridine rings is 1. The third kappa shape index (κ3) is 5.88. The van der Waals surface area contributed by atoms with E-state index in [4.69, 9.17) is 0 Å². The molecule has 0 amide bonds. The number of sulfonamides is 1. The van der Waals surface area contributed by atoms with E-state index in [9.17, 15) is 21.6 Å². The first-order valence-electron chi connectivity index (χ1n) is 6.42. The van der Waals surface area contributed by atoms with Gasteiger partial charge in [-0.15, -0.1) is 0 Å². The highest BCUT2D eigenvalue weighted by atomic mass is 32.2. The van der Waals surface area contributed by atoms with E-state index in [-0.39, 0.29) is 4.90 Å². The second kappa shape index (κ2) is 7.08. The van der Waals surface area contributed by atoms with Gasteiger partial charge in [0, 0.05) is 25.0 Å². The second-order valence-electron chi connectivity index (χ2n) is 4.64. The van der Waals surface area contributed by atoms with E-state index >= 15 is 0 Å². The first-order valence-corrected chi connectivity index (χ1v) is 7.91. The van der Waals surface area contributed by atoms with E-state index in [1.165, 1.54) is 19.2 Å². The maximum Gasteiger partial charge on any atom is 0.390 e. The Balaban J connectivity index is 2.92. The lowest BCUT2D eigenvalue weighted by molar-refractivity contribution is -0.137. The van der Waals surface area contributed by atoms with Crippen molar-refractivity contribution in [3.05, 3.63) is 18.5 Å². The predicted octanol–water partition coefficient (Wildman–Crippen LogP) is 2.52. The number of alkyl halides is 3. The molecule has 0 spiro atoms. The minimum atomic E-state index is -4.43. The van der Waals surface area contributed by atoms with Gasteiger partial charge in [0.2, 0.25) is 10.0 Å². The van der Waals surface area contributed by atoms with Gasteiger partial charge in [-0.3, -0.25) is 4.98 Å². The summed E-state index contributed by atoms with van der Waals surface area (Å²) in [7, 11) is -4.07. The largest absolute Gasteiger partial charge is 0.390 e. The summed E-state index contributed by atoms with van der Waals surface area (Å²) in [5, 5.41) is 2.91. The summed E-state index contributed by atoms with van der Waals surface area (Å²) in [5.74, 6) is 0. The van der Waals surface area contributed by atoms with Crippen LogP contribution in [0.15, 0.2) is 23.4 Å². The molecule has 0 aromatic carbocycles. The van der Waals surface area contributed by atoms with Gasteiger partial charge < -0.3 is 5.32 Å². The molecule has 1 unspecified atom stereocenters. The van der Waals surface area contributed by atoms with E-state index in [0.717, 1.165) is 12.6 Å². The summed E-state index contributed by atoms with van der Waals surface area (Å²) in [6, 6.07) is 0.216. The molecule has 1 heterocycles. The Morgan fingerprint density at radius 2 is 2.05 bits per heavy atom. The van der Waals surface area contributed by atoms with Crippen LogP contribution in [0.3, 0.4) is 0 Å². The van der Waals surface area contributed by atoms with Crippen LogP contribution in [-0.4, -0.2) is 32.2 Å². The molecular weight excluding hydrogens is 307 g/mol. The summed E-state index contributed by atoms with van der Waals surface area (Å²) in [6.45, 7) is 3.62. The second-order valence-corrected chi connectivity index (χ2v) is 6.32. The standard InChI is InChI=1S/C12H18F3N3O2S/c1-3-5-17-10-4-6-16-8-11(10)21(19,20)18-9(2)7-12(13,14)15/h4,6,8-9,18H,3,5,7H2,1-2H3,(H,16,17). The van der Waals surface area contributed by atoms with E-state index in [1.54, 1.807) is 0 Å². The minimum absolute atomic E-state index is 0.160. The van der Waals surface area contributed by atoms with Gasteiger partial charge in [0.15, 0.2) is 0 Å².